The van der Waals surface area contributed by atoms with Gasteiger partial charge in [0.05, 0.1) is 13.3 Å². The third kappa shape index (κ3) is 5.07. The summed E-state index contributed by atoms with van der Waals surface area (Å²) in [4.78, 5) is 0. The Hall–Kier alpha value is -2.93. The maximum atomic E-state index is 5.90. The minimum absolute atomic E-state index is 0.482. The van der Waals surface area contributed by atoms with Gasteiger partial charge in [-0.2, -0.15) is 14.9 Å². The van der Waals surface area contributed by atoms with Gasteiger partial charge in [0.25, 0.3) is 0 Å². The van der Waals surface area contributed by atoms with E-state index < -0.39 is 0 Å². The van der Waals surface area contributed by atoms with Gasteiger partial charge in [0.1, 0.15) is 6.61 Å². The molecule has 7 heteroatoms. The molecule has 3 rings (SSSR count). The lowest BCUT2D eigenvalue weighted by atomic mass is 10.2. The van der Waals surface area contributed by atoms with Crippen molar-refractivity contribution in [3.63, 3.8) is 0 Å². The van der Waals surface area contributed by atoms with Gasteiger partial charge in [-0.25, -0.2) is 0 Å². The molecular formula is C21H24N4O2S. The normalized spacial score (nSPS) is 11.1. The number of nitrogens with one attached hydrogen (secondary N) is 1. The summed E-state index contributed by atoms with van der Waals surface area (Å²) in [5.41, 5.74) is 1.98. The van der Waals surface area contributed by atoms with Crippen LogP contribution in [0.1, 0.15) is 36.7 Å². The van der Waals surface area contributed by atoms with Crippen LogP contribution in [0, 0.1) is 4.77 Å². The van der Waals surface area contributed by atoms with Gasteiger partial charge >= 0.3 is 0 Å². The SMILES string of the molecule is CCCCc1n[nH]c(=S)n1/N=C\c1ccc(OCc2ccccc2)c(OC)c1. The molecule has 0 unspecified atom stereocenters. The number of H-pyrrole nitrogens is 1. The van der Waals surface area contributed by atoms with E-state index in [9.17, 15) is 0 Å². The Morgan fingerprint density at radius 1 is 1.18 bits per heavy atom. The van der Waals surface area contributed by atoms with Crippen molar-refractivity contribution < 1.29 is 9.47 Å². The Morgan fingerprint density at radius 2 is 2.00 bits per heavy atom. The first-order valence-corrected chi connectivity index (χ1v) is 9.67. The number of methoxy groups -OCH3 is 1. The molecule has 0 radical (unpaired) electrons. The van der Waals surface area contributed by atoms with Crippen molar-refractivity contribution in [3.05, 3.63) is 70.3 Å². The van der Waals surface area contributed by atoms with Crippen LogP contribution in [0.2, 0.25) is 0 Å². The highest BCUT2D eigenvalue weighted by atomic mass is 32.1. The van der Waals surface area contributed by atoms with Gasteiger partial charge in [0.2, 0.25) is 4.77 Å². The van der Waals surface area contributed by atoms with Gasteiger partial charge < -0.3 is 9.47 Å². The molecule has 0 bridgehead atoms. The van der Waals surface area contributed by atoms with E-state index in [-0.39, 0.29) is 0 Å². The third-order valence-corrected chi connectivity index (χ3v) is 4.48. The van der Waals surface area contributed by atoms with E-state index in [0.29, 0.717) is 22.9 Å². The molecule has 0 aliphatic heterocycles. The van der Waals surface area contributed by atoms with E-state index in [4.69, 9.17) is 21.7 Å². The highest BCUT2D eigenvalue weighted by molar-refractivity contribution is 7.71. The van der Waals surface area contributed by atoms with Gasteiger partial charge in [0, 0.05) is 6.42 Å². The Morgan fingerprint density at radius 3 is 2.75 bits per heavy atom. The maximum absolute atomic E-state index is 5.90. The van der Waals surface area contributed by atoms with Crippen LogP contribution < -0.4 is 9.47 Å². The predicted molar refractivity (Wildman–Crippen MR) is 113 cm³/mol. The van der Waals surface area contributed by atoms with E-state index in [2.05, 4.69) is 22.2 Å². The number of rotatable bonds is 9. The molecule has 1 N–H and O–H groups in total. The molecule has 0 fully saturated rings. The molecule has 3 aromatic rings. The van der Waals surface area contributed by atoms with Gasteiger partial charge in [-0.1, -0.05) is 43.7 Å². The summed E-state index contributed by atoms with van der Waals surface area (Å²) in [6.07, 6.45) is 4.70. The van der Waals surface area contributed by atoms with E-state index >= 15 is 0 Å². The van der Waals surface area contributed by atoms with Crippen molar-refractivity contribution in [1.29, 1.82) is 0 Å². The zero-order chi connectivity index (χ0) is 19.8. The highest BCUT2D eigenvalue weighted by Crippen LogP contribution is 2.28. The van der Waals surface area contributed by atoms with Crippen LogP contribution >= 0.6 is 12.2 Å². The number of aromatic nitrogens is 3. The maximum Gasteiger partial charge on any atom is 0.216 e. The summed E-state index contributed by atoms with van der Waals surface area (Å²) in [6, 6.07) is 15.7. The Balaban J connectivity index is 1.74. The Kier molecular flexibility index (Phi) is 6.97. The zero-order valence-corrected chi connectivity index (χ0v) is 16.9. The molecule has 6 nitrogen and oxygen atoms in total. The smallest absolute Gasteiger partial charge is 0.216 e. The van der Waals surface area contributed by atoms with Crippen LogP contribution in [-0.4, -0.2) is 28.2 Å². The first-order valence-electron chi connectivity index (χ1n) is 9.26. The summed E-state index contributed by atoms with van der Waals surface area (Å²) >= 11 is 5.28. The lowest BCUT2D eigenvalue weighted by molar-refractivity contribution is 0.284. The third-order valence-electron chi connectivity index (χ3n) is 4.22. The lowest BCUT2D eigenvalue weighted by Crippen LogP contribution is -2.00. The van der Waals surface area contributed by atoms with Crippen LogP contribution in [0.15, 0.2) is 53.6 Å². The van der Waals surface area contributed by atoms with Crippen molar-refractivity contribution >= 4 is 18.4 Å². The number of nitrogens with zero attached hydrogens (tertiary/aromatic N) is 3. The molecule has 2 aromatic carbocycles. The number of hydrogen-bond donors (Lipinski definition) is 1. The highest BCUT2D eigenvalue weighted by Gasteiger charge is 2.07. The van der Waals surface area contributed by atoms with Crippen molar-refractivity contribution in [3.8, 4) is 11.5 Å². The Bertz CT molecular complexity index is 980. The number of hydrogen-bond acceptors (Lipinski definition) is 5. The molecule has 0 amide bonds. The summed E-state index contributed by atoms with van der Waals surface area (Å²) in [5, 5.41) is 11.5. The molecule has 0 spiro atoms. The van der Waals surface area contributed by atoms with Crippen LogP contribution in [0.4, 0.5) is 0 Å². The molecule has 1 aromatic heterocycles. The first kappa shape index (κ1) is 19.8. The summed E-state index contributed by atoms with van der Waals surface area (Å²) in [5.74, 6) is 2.17. The second kappa shape index (κ2) is 9.85. The molecule has 1 heterocycles. The summed E-state index contributed by atoms with van der Waals surface area (Å²) in [6.45, 7) is 2.62. The zero-order valence-electron chi connectivity index (χ0n) is 16.1. The van der Waals surface area contributed by atoms with Crippen LogP contribution in [0.3, 0.4) is 0 Å². The second-order valence-electron chi connectivity index (χ2n) is 6.29. The number of benzene rings is 2. The van der Waals surface area contributed by atoms with Gasteiger partial charge in [-0.3, -0.25) is 5.10 Å². The van der Waals surface area contributed by atoms with E-state index in [0.717, 1.165) is 36.2 Å². The number of aryl methyl sites for hydroxylation is 1. The van der Waals surface area contributed by atoms with E-state index in [1.54, 1.807) is 18.0 Å². The van der Waals surface area contributed by atoms with Crippen molar-refractivity contribution in [1.82, 2.24) is 14.9 Å². The van der Waals surface area contributed by atoms with E-state index in [1.165, 1.54) is 0 Å². The van der Waals surface area contributed by atoms with Crippen LogP contribution in [-0.2, 0) is 13.0 Å². The average molecular weight is 397 g/mol. The number of unbranched alkanes of at least 4 members (excludes halogenated alkanes) is 1. The van der Waals surface area contributed by atoms with Gasteiger partial charge in [-0.05, 0) is 48.0 Å². The molecular weight excluding hydrogens is 372 g/mol. The molecule has 28 heavy (non-hydrogen) atoms. The minimum atomic E-state index is 0.482. The second-order valence-corrected chi connectivity index (χ2v) is 6.68. The summed E-state index contributed by atoms with van der Waals surface area (Å²) < 4.78 is 13.5. The molecule has 0 aliphatic carbocycles. The topological polar surface area (TPSA) is 64.4 Å². The predicted octanol–water partition coefficient (Wildman–Crippen LogP) is 4.75. The van der Waals surface area contributed by atoms with Gasteiger partial charge in [-0.15, -0.1) is 0 Å². The summed E-state index contributed by atoms with van der Waals surface area (Å²) in [7, 11) is 1.63. The molecule has 0 saturated carbocycles. The number of ether oxygens (including phenoxy) is 2. The molecule has 0 saturated heterocycles. The van der Waals surface area contributed by atoms with Crippen molar-refractivity contribution in [2.45, 2.75) is 32.8 Å². The quantitative estimate of drug-likeness (QED) is 0.419. The van der Waals surface area contributed by atoms with Crippen LogP contribution in [0.5, 0.6) is 11.5 Å². The molecule has 146 valence electrons. The monoisotopic (exact) mass is 396 g/mol. The van der Waals surface area contributed by atoms with Crippen molar-refractivity contribution in [2.75, 3.05) is 7.11 Å². The van der Waals surface area contributed by atoms with E-state index in [1.807, 2.05) is 48.5 Å². The molecule has 0 atom stereocenters. The van der Waals surface area contributed by atoms with Crippen LogP contribution in [0.25, 0.3) is 0 Å². The average Bonchev–Trinajstić information content (AvgIpc) is 3.09. The lowest BCUT2D eigenvalue weighted by Gasteiger charge is -2.11. The fourth-order valence-corrected chi connectivity index (χ4v) is 2.88. The fourth-order valence-electron chi connectivity index (χ4n) is 2.68. The largest absolute Gasteiger partial charge is 0.493 e. The standard InChI is InChI=1S/C21H24N4O2S/c1-3-4-10-20-23-24-21(28)25(20)22-14-17-11-12-18(19(13-17)26-2)27-15-16-8-6-5-7-9-16/h5-9,11-14H,3-4,10,15H2,1-2H3,(H,24,28)/b22-14-. The van der Waals surface area contributed by atoms with Crippen molar-refractivity contribution in [2.24, 2.45) is 5.10 Å². The minimum Gasteiger partial charge on any atom is -0.493 e. The Labute approximate surface area is 169 Å². The molecule has 0 aliphatic rings. The fraction of sp³-hybridized carbons (Fsp3) is 0.286. The van der Waals surface area contributed by atoms with Gasteiger partial charge in [0.15, 0.2) is 17.3 Å². The number of aromatic amines is 1. The first-order chi connectivity index (χ1) is 13.7.